The van der Waals surface area contributed by atoms with Crippen molar-refractivity contribution in [1.82, 2.24) is 10.6 Å². The van der Waals surface area contributed by atoms with Crippen molar-refractivity contribution in [1.29, 1.82) is 0 Å². The number of piperidine rings is 1. The van der Waals surface area contributed by atoms with Crippen molar-refractivity contribution in [2.75, 3.05) is 19.7 Å². The van der Waals surface area contributed by atoms with Crippen LogP contribution in [0.1, 0.15) is 45.6 Å². The summed E-state index contributed by atoms with van der Waals surface area (Å²) in [6.07, 6.45) is 2.97. The highest BCUT2D eigenvalue weighted by atomic mass is 35.5. The molecule has 1 amide bonds. The van der Waals surface area contributed by atoms with Crippen molar-refractivity contribution in [3.63, 3.8) is 0 Å². The van der Waals surface area contributed by atoms with Gasteiger partial charge in [0.1, 0.15) is 5.75 Å². The van der Waals surface area contributed by atoms with Gasteiger partial charge in [0, 0.05) is 18.5 Å². The number of para-hydroxylation sites is 1. The van der Waals surface area contributed by atoms with E-state index in [9.17, 15) is 4.79 Å². The molecule has 0 bridgehead atoms. The molecule has 1 aromatic rings. The van der Waals surface area contributed by atoms with Crippen molar-refractivity contribution < 1.29 is 9.53 Å². The maximum absolute atomic E-state index is 12.3. The van der Waals surface area contributed by atoms with Gasteiger partial charge < -0.3 is 15.4 Å². The van der Waals surface area contributed by atoms with Gasteiger partial charge in [0.2, 0.25) is 5.91 Å². The summed E-state index contributed by atoms with van der Waals surface area (Å²) >= 11 is 0. The topological polar surface area (TPSA) is 50.4 Å². The number of carbonyl (C=O) groups excluding carboxylic acids is 1. The van der Waals surface area contributed by atoms with Crippen LogP contribution in [0.5, 0.6) is 5.75 Å². The van der Waals surface area contributed by atoms with Gasteiger partial charge in [0.25, 0.3) is 0 Å². The standard InChI is InChI=1S/C20H32N2O2.ClH/c1-15(2)14-24-19-7-5-4-6-18(19)13-22-20(23)12-16(3)17-8-10-21-11-9-17;/h4-7,15-17,21H,8-14H2,1-3H3,(H,22,23);1H. The van der Waals surface area contributed by atoms with E-state index in [1.165, 1.54) is 12.8 Å². The van der Waals surface area contributed by atoms with E-state index in [1.54, 1.807) is 0 Å². The third kappa shape index (κ3) is 7.66. The molecule has 2 rings (SSSR count). The van der Waals surface area contributed by atoms with Crippen LogP contribution in [0.15, 0.2) is 24.3 Å². The first kappa shape index (κ1) is 21.8. The minimum Gasteiger partial charge on any atom is -0.493 e. The first-order valence-electron chi connectivity index (χ1n) is 9.24. The van der Waals surface area contributed by atoms with Crippen molar-refractivity contribution in [3.05, 3.63) is 29.8 Å². The fraction of sp³-hybridized carbons (Fsp3) is 0.650. The second kappa shape index (κ2) is 11.4. The van der Waals surface area contributed by atoms with E-state index in [1.807, 2.05) is 24.3 Å². The zero-order valence-corrected chi connectivity index (χ0v) is 16.5. The largest absolute Gasteiger partial charge is 0.493 e. The summed E-state index contributed by atoms with van der Waals surface area (Å²) in [5.74, 6) is 2.61. The number of hydrogen-bond donors (Lipinski definition) is 2. The van der Waals surface area contributed by atoms with E-state index in [0.29, 0.717) is 37.3 Å². The fourth-order valence-electron chi connectivity index (χ4n) is 3.19. The zero-order valence-electron chi connectivity index (χ0n) is 15.7. The van der Waals surface area contributed by atoms with Gasteiger partial charge in [-0.05, 0) is 49.8 Å². The molecular formula is C20H33ClN2O2. The maximum Gasteiger partial charge on any atom is 0.220 e. The average molecular weight is 369 g/mol. The minimum absolute atomic E-state index is 0. The minimum atomic E-state index is 0. The van der Waals surface area contributed by atoms with E-state index >= 15 is 0 Å². The van der Waals surface area contributed by atoms with Gasteiger partial charge in [-0.15, -0.1) is 12.4 Å². The summed E-state index contributed by atoms with van der Waals surface area (Å²) in [6, 6.07) is 7.95. The van der Waals surface area contributed by atoms with Gasteiger partial charge in [-0.3, -0.25) is 4.79 Å². The lowest BCUT2D eigenvalue weighted by Gasteiger charge is -2.27. The highest BCUT2D eigenvalue weighted by Gasteiger charge is 2.22. The SMILES string of the molecule is CC(C)COc1ccccc1CNC(=O)CC(C)C1CCNCC1.Cl. The van der Waals surface area contributed by atoms with E-state index in [0.717, 1.165) is 24.4 Å². The van der Waals surface area contributed by atoms with Crippen LogP contribution in [0.3, 0.4) is 0 Å². The number of ether oxygens (including phenoxy) is 1. The van der Waals surface area contributed by atoms with Crippen LogP contribution in [-0.4, -0.2) is 25.6 Å². The lowest BCUT2D eigenvalue weighted by atomic mass is 9.84. The van der Waals surface area contributed by atoms with Crippen LogP contribution in [0.25, 0.3) is 0 Å². The Bertz CT molecular complexity index is 516. The number of amides is 1. The van der Waals surface area contributed by atoms with Gasteiger partial charge in [-0.1, -0.05) is 39.0 Å². The quantitative estimate of drug-likeness (QED) is 0.734. The predicted octanol–water partition coefficient (Wildman–Crippen LogP) is 3.79. The smallest absolute Gasteiger partial charge is 0.220 e. The molecule has 142 valence electrons. The van der Waals surface area contributed by atoms with Gasteiger partial charge in [-0.2, -0.15) is 0 Å². The molecule has 5 heteroatoms. The molecule has 1 aliphatic rings. The van der Waals surface area contributed by atoms with Gasteiger partial charge >= 0.3 is 0 Å². The normalized spacial score (nSPS) is 16.2. The van der Waals surface area contributed by atoms with E-state index in [2.05, 4.69) is 31.4 Å². The fourth-order valence-corrected chi connectivity index (χ4v) is 3.19. The van der Waals surface area contributed by atoms with Crippen molar-refractivity contribution in [2.45, 2.75) is 46.6 Å². The van der Waals surface area contributed by atoms with Crippen LogP contribution < -0.4 is 15.4 Å². The molecule has 1 fully saturated rings. The molecule has 0 spiro atoms. The molecule has 1 aliphatic heterocycles. The van der Waals surface area contributed by atoms with Gasteiger partial charge in [0.15, 0.2) is 0 Å². The molecule has 0 aromatic heterocycles. The third-order valence-electron chi connectivity index (χ3n) is 4.72. The van der Waals surface area contributed by atoms with Crippen molar-refractivity contribution >= 4 is 18.3 Å². The Morgan fingerprint density at radius 1 is 1.24 bits per heavy atom. The summed E-state index contributed by atoms with van der Waals surface area (Å²) in [7, 11) is 0. The number of carbonyl (C=O) groups is 1. The number of hydrogen-bond acceptors (Lipinski definition) is 3. The monoisotopic (exact) mass is 368 g/mol. The maximum atomic E-state index is 12.3. The molecule has 0 aliphatic carbocycles. The van der Waals surface area contributed by atoms with Crippen molar-refractivity contribution in [2.24, 2.45) is 17.8 Å². The third-order valence-corrected chi connectivity index (χ3v) is 4.72. The molecular weight excluding hydrogens is 336 g/mol. The second-order valence-electron chi connectivity index (χ2n) is 7.36. The summed E-state index contributed by atoms with van der Waals surface area (Å²) in [5.41, 5.74) is 1.04. The van der Waals surface area contributed by atoms with Crippen LogP contribution in [-0.2, 0) is 11.3 Å². The Morgan fingerprint density at radius 3 is 2.60 bits per heavy atom. The lowest BCUT2D eigenvalue weighted by Crippen LogP contribution is -2.33. The molecule has 1 aromatic carbocycles. The Kier molecular flexibility index (Phi) is 9.91. The Labute approximate surface area is 158 Å². The average Bonchev–Trinajstić information content (AvgIpc) is 2.59. The van der Waals surface area contributed by atoms with Crippen LogP contribution in [0, 0.1) is 17.8 Å². The van der Waals surface area contributed by atoms with Crippen LogP contribution in [0.4, 0.5) is 0 Å². The molecule has 0 saturated carbocycles. The number of rotatable bonds is 8. The molecule has 1 saturated heterocycles. The van der Waals surface area contributed by atoms with Crippen LogP contribution in [0.2, 0.25) is 0 Å². The van der Waals surface area contributed by atoms with E-state index < -0.39 is 0 Å². The second-order valence-corrected chi connectivity index (χ2v) is 7.36. The van der Waals surface area contributed by atoms with Crippen molar-refractivity contribution in [3.8, 4) is 5.75 Å². The Morgan fingerprint density at radius 2 is 1.92 bits per heavy atom. The van der Waals surface area contributed by atoms with Gasteiger partial charge in [-0.25, -0.2) is 0 Å². The highest BCUT2D eigenvalue weighted by Crippen LogP contribution is 2.24. The van der Waals surface area contributed by atoms with E-state index in [4.69, 9.17) is 4.74 Å². The number of halogens is 1. The molecule has 1 heterocycles. The lowest BCUT2D eigenvalue weighted by molar-refractivity contribution is -0.122. The molecule has 1 atom stereocenters. The first-order valence-corrected chi connectivity index (χ1v) is 9.24. The molecule has 25 heavy (non-hydrogen) atoms. The summed E-state index contributed by atoms with van der Waals surface area (Å²) in [4.78, 5) is 12.3. The van der Waals surface area contributed by atoms with Gasteiger partial charge in [0.05, 0.1) is 6.61 Å². The number of nitrogens with one attached hydrogen (secondary N) is 2. The number of benzene rings is 1. The highest BCUT2D eigenvalue weighted by molar-refractivity contribution is 5.85. The predicted molar refractivity (Wildman–Crippen MR) is 105 cm³/mol. The molecule has 2 N–H and O–H groups in total. The summed E-state index contributed by atoms with van der Waals surface area (Å²) < 4.78 is 5.85. The molecule has 0 radical (unpaired) electrons. The van der Waals surface area contributed by atoms with Crippen LogP contribution >= 0.6 is 12.4 Å². The van der Waals surface area contributed by atoms with E-state index in [-0.39, 0.29) is 18.3 Å². The Hall–Kier alpha value is -1.26. The molecule has 1 unspecified atom stereocenters. The first-order chi connectivity index (χ1) is 11.6. The molecule has 4 nitrogen and oxygen atoms in total. The zero-order chi connectivity index (χ0) is 17.4. The Balaban J connectivity index is 0.00000312. The summed E-state index contributed by atoms with van der Waals surface area (Å²) in [5, 5.41) is 6.44. The summed E-state index contributed by atoms with van der Waals surface area (Å²) in [6.45, 7) is 9.85.